The molecule has 25 heavy (non-hydrogen) atoms. The average Bonchev–Trinajstić information content (AvgIpc) is 3.07. The maximum Gasteiger partial charge on any atom is 0.657 e. The lowest BCUT2D eigenvalue weighted by Gasteiger charge is -2.26. The summed E-state index contributed by atoms with van der Waals surface area (Å²) in [6.07, 6.45) is -1.06. The van der Waals surface area contributed by atoms with Crippen LogP contribution in [0.3, 0.4) is 0 Å². The molecule has 4 rings (SSSR count). The van der Waals surface area contributed by atoms with Gasteiger partial charge in [-0.2, -0.15) is 0 Å². The summed E-state index contributed by atoms with van der Waals surface area (Å²) in [5.74, 6) is -1.17. The lowest BCUT2D eigenvalue weighted by molar-refractivity contribution is -0.137. The normalized spacial score (nSPS) is 24.3. The van der Waals surface area contributed by atoms with Crippen molar-refractivity contribution >= 4 is 18.9 Å². The second kappa shape index (κ2) is 6.35. The van der Waals surface area contributed by atoms with Crippen LogP contribution in [0.15, 0.2) is 60.7 Å². The molecule has 128 valence electrons. The molecule has 2 fully saturated rings. The summed E-state index contributed by atoms with van der Waals surface area (Å²) >= 11 is 0. The van der Waals surface area contributed by atoms with Gasteiger partial charge in [0.2, 0.25) is 0 Å². The molecule has 1 spiro atoms. The largest absolute Gasteiger partial charge is 0.657 e. The van der Waals surface area contributed by atoms with E-state index in [1.54, 1.807) is 0 Å². The van der Waals surface area contributed by atoms with E-state index in [1.807, 2.05) is 60.7 Å². The molecular formula is C18H16BO6-. The lowest BCUT2D eigenvalue weighted by Crippen LogP contribution is -2.41. The van der Waals surface area contributed by atoms with Crippen molar-refractivity contribution in [1.82, 2.24) is 0 Å². The number of carbonyl (C=O) groups excluding carboxylic acids is 2. The zero-order chi connectivity index (χ0) is 17.3. The molecule has 2 aromatic rings. The molecule has 0 aromatic heterocycles. The molecule has 6 nitrogen and oxygen atoms in total. The molecule has 2 atom stereocenters. The summed E-state index contributed by atoms with van der Waals surface area (Å²) in [5.41, 5.74) is 1.84. The van der Waals surface area contributed by atoms with Crippen LogP contribution in [-0.2, 0) is 41.0 Å². The minimum Gasteiger partial charge on any atom is -0.606 e. The Morgan fingerprint density at radius 2 is 1.08 bits per heavy atom. The predicted octanol–water partition coefficient (Wildman–Crippen LogP) is 1.79. The van der Waals surface area contributed by atoms with Crippen LogP contribution in [0.5, 0.6) is 0 Å². The van der Waals surface area contributed by atoms with Crippen molar-refractivity contribution in [2.24, 2.45) is 0 Å². The van der Waals surface area contributed by atoms with E-state index < -0.39 is 31.1 Å². The van der Waals surface area contributed by atoms with Gasteiger partial charge in [0.15, 0.2) is 0 Å². The highest BCUT2D eigenvalue weighted by Gasteiger charge is 2.56. The summed E-state index contributed by atoms with van der Waals surface area (Å²) in [5, 5.41) is 0. The number of hydrogen-bond donors (Lipinski definition) is 0. The van der Waals surface area contributed by atoms with Crippen molar-refractivity contribution in [3.8, 4) is 0 Å². The van der Waals surface area contributed by atoms with Crippen LogP contribution >= 0.6 is 0 Å². The minimum absolute atomic E-state index is 0.327. The van der Waals surface area contributed by atoms with Gasteiger partial charge < -0.3 is 18.6 Å². The van der Waals surface area contributed by atoms with Crippen LogP contribution < -0.4 is 0 Å². The van der Waals surface area contributed by atoms with Crippen molar-refractivity contribution < 1.29 is 28.2 Å². The Balaban J connectivity index is 1.44. The molecule has 0 aliphatic carbocycles. The molecule has 2 heterocycles. The Bertz CT molecular complexity index is 711. The van der Waals surface area contributed by atoms with Gasteiger partial charge in [-0.3, -0.25) is 9.59 Å². The lowest BCUT2D eigenvalue weighted by atomic mass is 10.1. The summed E-state index contributed by atoms with van der Waals surface area (Å²) < 4.78 is 21.5. The minimum atomic E-state index is -2.81. The molecular weight excluding hydrogens is 323 g/mol. The number of carbonyl (C=O) groups is 2. The SMILES string of the molecule is O=C1O[B-]2(OC(=O)[C@H](Cc3ccccc3)O2)O[C@H]1Cc1ccccc1. The Morgan fingerprint density at radius 1 is 0.680 bits per heavy atom. The van der Waals surface area contributed by atoms with Gasteiger partial charge >= 0.3 is 6.96 Å². The fourth-order valence-electron chi connectivity index (χ4n) is 3.04. The highest BCUT2D eigenvalue weighted by molar-refractivity contribution is 6.61. The van der Waals surface area contributed by atoms with Gasteiger partial charge in [0.25, 0.3) is 11.9 Å². The summed E-state index contributed by atoms with van der Waals surface area (Å²) in [4.78, 5) is 24.2. The highest BCUT2D eigenvalue weighted by Crippen LogP contribution is 2.32. The van der Waals surface area contributed by atoms with Gasteiger partial charge in [-0.15, -0.1) is 0 Å². The third kappa shape index (κ3) is 3.29. The number of hydrogen-bond acceptors (Lipinski definition) is 6. The van der Waals surface area contributed by atoms with E-state index in [0.29, 0.717) is 12.8 Å². The first-order valence-corrected chi connectivity index (χ1v) is 8.15. The number of benzene rings is 2. The van der Waals surface area contributed by atoms with Crippen LogP contribution in [0, 0.1) is 0 Å². The second-order valence-corrected chi connectivity index (χ2v) is 6.08. The Kier molecular flexibility index (Phi) is 4.03. The average molecular weight is 339 g/mol. The van der Waals surface area contributed by atoms with Gasteiger partial charge in [-0.25, -0.2) is 0 Å². The maximum atomic E-state index is 12.1. The third-order valence-electron chi connectivity index (χ3n) is 4.24. The van der Waals surface area contributed by atoms with Crippen molar-refractivity contribution in [2.75, 3.05) is 0 Å². The Labute approximate surface area is 144 Å². The molecule has 2 aliphatic rings. The van der Waals surface area contributed by atoms with E-state index in [1.165, 1.54) is 0 Å². The predicted molar refractivity (Wildman–Crippen MR) is 88.0 cm³/mol. The van der Waals surface area contributed by atoms with Crippen molar-refractivity contribution in [2.45, 2.75) is 25.0 Å². The summed E-state index contributed by atoms with van der Waals surface area (Å²) in [6.45, 7) is -2.81. The Morgan fingerprint density at radius 3 is 1.48 bits per heavy atom. The van der Waals surface area contributed by atoms with E-state index in [-0.39, 0.29) is 0 Å². The molecule has 7 heteroatoms. The summed E-state index contributed by atoms with van der Waals surface area (Å²) in [7, 11) is 0. The second-order valence-electron chi connectivity index (χ2n) is 6.08. The molecule has 0 radical (unpaired) electrons. The quantitative estimate of drug-likeness (QED) is 0.791. The highest BCUT2D eigenvalue weighted by atomic mass is 16.9. The van der Waals surface area contributed by atoms with Crippen LogP contribution in [0.25, 0.3) is 0 Å². The topological polar surface area (TPSA) is 71.1 Å². The zero-order valence-electron chi connectivity index (χ0n) is 13.4. The van der Waals surface area contributed by atoms with E-state index in [4.69, 9.17) is 18.6 Å². The van der Waals surface area contributed by atoms with Crippen LogP contribution in [-0.4, -0.2) is 31.1 Å². The fourth-order valence-corrected chi connectivity index (χ4v) is 3.04. The molecule has 2 saturated heterocycles. The van der Waals surface area contributed by atoms with E-state index in [2.05, 4.69) is 0 Å². The molecule has 0 bridgehead atoms. The van der Waals surface area contributed by atoms with Gasteiger partial charge in [0.05, 0.1) is 0 Å². The molecule has 0 N–H and O–H groups in total. The standard InChI is InChI=1S/C18H16BO6/c20-17-15(11-13-7-3-1-4-8-13)22-19(24-17)23-16(18(21)25-19)12-14-9-5-2-6-10-14/h1-10,15-16H,11-12H2/q-1/t15-,16-,19?/m0/s1. The van der Waals surface area contributed by atoms with Gasteiger partial charge in [0, 0.05) is 12.8 Å². The van der Waals surface area contributed by atoms with Gasteiger partial charge in [-0.1, -0.05) is 60.7 Å². The first-order chi connectivity index (χ1) is 12.1. The fraction of sp³-hybridized carbons (Fsp3) is 0.222. The third-order valence-corrected chi connectivity index (χ3v) is 4.24. The Hall–Kier alpha value is -2.64. The first-order valence-electron chi connectivity index (χ1n) is 8.15. The van der Waals surface area contributed by atoms with E-state index >= 15 is 0 Å². The van der Waals surface area contributed by atoms with Crippen molar-refractivity contribution in [1.29, 1.82) is 0 Å². The monoisotopic (exact) mass is 339 g/mol. The van der Waals surface area contributed by atoms with Gasteiger partial charge in [-0.05, 0) is 11.1 Å². The molecule has 0 unspecified atom stereocenters. The van der Waals surface area contributed by atoms with Gasteiger partial charge in [0.1, 0.15) is 12.2 Å². The molecule has 2 aromatic carbocycles. The maximum absolute atomic E-state index is 12.1. The molecule has 0 amide bonds. The van der Waals surface area contributed by atoms with E-state index in [0.717, 1.165) is 11.1 Å². The van der Waals surface area contributed by atoms with Crippen LogP contribution in [0.1, 0.15) is 11.1 Å². The van der Waals surface area contributed by atoms with Crippen LogP contribution in [0.2, 0.25) is 0 Å². The van der Waals surface area contributed by atoms with Crippen molar-refractivity contribution in [3.63, 3.8) is 0 Å². The molecule has 0 saturated carbocycles. The summed E-state index contributed by atoms with van der Waals surface area (Å²) in [6, 6.07) is 18.8. The molecule has 2 aliphatic heterocycles. The smallest absolute Gasteiger partial charge is 0.606 e. The zero-order valence-corrected chi connectivity index (χ0v) is 13.4. The van der Waals surface area contributed by atoms with Crippen LogP contribution in [0.4, 0.5) is 0 Å². The number of rotatable bonds is 4. The van der Waals surface area contributed by atoms with Crippen molar-refractivity contribution in [3.05, 3.63) is 71.8 Å². The first kappa shape index (κ1) is 15.9. The van der Waals surface area contributed by atoms with E-state index in [9.17, 15) is 9.59 Å².